The summed E-state index contributed by atoms with van der Waals surface area (Å²) in [6, 6.07) is 18.1. The number of thiol groups is 1. The smallest absolute Gasteiger partial charge is 0.179 e. The molecule has 0 radical (unpaired) electrons. The molecule has 4 rings (SSSR count). The highest BCUT2D eigenvalue weighted by Crippen LogP contribution is 2.58. The Morgan fingerprint density at radius 3 is 2.38 bits per heavy atom. The van der Waals surface area contributed by atoms with Gasteiger partial charge in [0.1, 0.15) is 11.9 Å². The van der Waals surface area contributed by atoms with Gasteiger partial charge in [0.2, 0.25) is 0 Å². The van der Waals surface area contributed by atoms with E-state index in [1.807, 2.05) is 0 Å². The van der Waals surface area contributed by atoms with Gasteiger partial charge in [-0.2, -0.15) is 0 Å². The summed E-state index contributed by atoms with van der Waals surface area (Å²) in [5.41, 5.74) is 4.60. The summed E-state index contributed by atoms with van der Waals surface area (Å²) in [5, 5.41) is 0. The average Bonchev–Trinajstić information content (AvgIpc) is 3.16. The summed E-state index contributed by atoms with van der Waals surface area (Å²) < 4.78 is 3.52. The Bertz CT molecular complexity index is 708. The Morgan fingerprint density at radius 1 is 1.08 bits per heavy atom. The van der Waals surface area contributed by atoms with Crippen LogP contribution in [0.1, 0.15) is 37.3 Å². The van der Waals surface area contributed by atoms with Gasteiger partial charge in [-0.1, -0.05) is 38.1 Å². The van der Waals surface area contributed by atoms with E-state index in [-0.39, 0.29) is 0 Å². The van der Waals surface area contributed by atoms with Crippen LogP contribution in [0.15, 0.2) is 53.4 Å². The molecule has 1 aliphatic heterocycles. The number of hydrogen-bond acceptors (Lipinski definition) is 2. The standard InChI is InChI=1S/C21H26N2S/c1-15(2)16-4-10-20(11-5-16)24-22-19-8-6-17(7-9-19)21-12-18(21)13-23(3)14-21/h4-11,15,18,22H,12-14H2,1-3H3/p+1. The van der Waals surface area contributed by atoms with Gasteiger partial charge in [-0.15, -0.1) is 0 Å². The molecule has 2 nitrogen and oxygen atoms in total. The first-order chi connectivity index (χ1) is 11.6. The number of nitrogens with zero attached hydrogens (tertiary/aromatic N) is 1. The summed E-state index contributed by atoms with van der Waals surface area (Å²) in [7, 11) is 2.24. The maximum absolute atomic E-state index is 3.52. The molecular weight excluding hydrogens is 312 g/mol. The number of benzene rings is 2. The quantitative estimate of drug-likeness (QED) is 0.648. The lowest BCUT2D eigenvalue weighted by molar-refractivity contribution is 0.363. The highest BCUT2D eigenvalue weighted by molar-refractivity contribution is 7.80. The van der Waals surface area contributed by atoms with Crippen LogP contribution in [0.2, 0.25) is 0 Å². The molecule has 2 aliphatic rings. The fourth-order valence-electron chi connectivity index (χ4n) is 4.12. The molecule has 2 atom stereocenters. The van der Waals surface area contributed by atoms with Crippen LogP contribution in [0, 0.1) is 5.92 Å². The Morgan fingerprint density at radius 2 is 1.79 bits per heavy atom. The summed E-state index contributed by atoms with van der Waals surface area (Å²) in [6.45, 7) is 6.97. The molecule has 126 valence electrons. The van der Waals surface area contributed by atoms with Crippen LogP contribution in [-0.4, -0.2) is 25.0 Å². The van der Waals surface area contributed by atoms with Crippen molar-refractivity contribution in [3.8, 4) is 0 Å². The summed E-state index contributed by atoms with van der Waals surface area (Å²) in [6.07, 6.45) is 1.38. The minimum atomic E-state index is 0.470. The van der Waals surface area contributed by atoms with Crippen LogP contribution < -0.4 is 4.72 Å². The number of nitrogens with one attached hydrogen (secondary N) is 1. The fraction of sp³-hybridized carbons (Fsp3) is 0.429. The average molecular weight is 340 g/mol. The highest BCUT2D eigenvalue weighted by Gasteiger charge is 2.59. The monoisotopic (exact) mass is 339 g/mol. The molecule has 0 amide bonds. The summed E-state index contributed by atoms with van der Waals surface area (Å²) in [4.78, 5) is 3.78. The number of fused-ring (bicyclic) bond motifs is 1. The number of likely N-dealkylation sites (N-methyl/N-ethyl adjacent to an activating group) is 1. The molecule has 0 spiro atoms. The molecule has 2 fully saturated rings. The Hall–Kier alpha value is -1.45. The molecular formula is C21H27N2S+. The molecule has 24 heavy (non-hydrogen) atoms. The first-order valence-electron chi connectivity index (χ1n) is 8.93. The van der Waals surface area contributed by atoms with Gasteiger partial charge in [-0.25, -0.2) is 4.72 Å². The minimum Gasteiger partial charge on any atom is -0.305 e. The molecule has 2 unspecified atom stereocenters. The van der Waals surface area contributed by atoms with Crippen LogP contribution in [0.5, 0.6) is 0 Å². The van der Waals surface area contributed by atoms with E-state index in [1.165, 1.54) is 41.2 Å². The SMILES string of the molecule is CC(C)c1ccc([SH+]Nc2ccc(C34CC3CN(C)C4)cc2)cc1. The van der Waals surface area contributed by atoms with Crippen molar-refractivity contribution in [2.75, 3.05) is 24.9 Å². The highest BCUT2D eigenvalue weighted by atomic mass is 32.2. The van der Waals surface area contributed by atoms with E-state index in [4.69, 9.17) is 0 Å². The molecule has 1 saturated heterocycles. The number of likely N-dealkylation sites (tertiary alicyclic amines) is 1. The van der Waals surface area contributed by atoms with Gasteiger partial charge < -0.3 is 4.90 Å². The number of piperidine rings is 1. The summed E-state index contributed by atoms with van der Waals surface area (Å²) >= 11 is 1.15. The van der Waals surface area contributed by atoms with Gasteiger partial charge in [0.05, 0.1) is 5.69 Å². The van der Waals surface area contributed by atoms with E-state index in [2.05, 4.69) is 79.0 Å². The Kier molecular flexibility index (Phi) is 4.09. The molecule has 1 N–H and O–H groups in total. The number of rotatable bonds is 5. The first kappa shape index (κ1) is 16.0. The van der Waals surface area contributed by atoms with Gasteiger partial charge >= 0.3 is 0 Å². The predicted molar refractivity (Wildman–Crippen MR) is 105 cm³/mol. The van der Waals surface area contributed by atoms with E-state index in [9.17, 15) is 0 Å². The molecule has 1 aliphatic carbocycles. The van der Waals surface area contributed by atoms with E-state index in [0.29, 0.717) is 11.3 Å². The van der Waals surface area contributed by atoms with Gasteiger partial charge in [0.15, 0.2) is 4.90 Å². The van der Waals surface area contributed by atoms with Gasteiger partial charge in [0.25, 0.3) is 0 Å². The van der Waals surface area contributed by atoms with Crippen LogP contribution >= 0.6 is 0 Å². The topological polar surface area (TPSA) is 15.3 Å². The largest absolute Gasteiger partial charge is 0.305 e. The van der Waals surface area contributed by atoms with Crippen LogP contribution in [-0.2, 0) is 17.4 Å². The van der Waals surface area contributed by atoms with Gasteiger partial charge in [-0.3, -0.25) is 0 Å². The van der Waals surface area contributed by atoms with Gasteiger partial charge in [-0.05, 0) is 60.7 Å². The van der Waals surface area contributed by atoms with Crippen molar-refractivity contribution in [2.45, 2.75) is 36.5 Å². The molecule has 2 aromatic rings. The second-order valence-electron chi connectivity index (χ2n) is 7.80. The van der Waals surface area contributed by atoms with Crippen LogP contribution in [0.25, 0.3) is 0 Å². The Labute approximate surface area is 149 Å². The van der Waals surface area contributed by atoms with E-state index in [1.54, 1.807) is 0 Å². The lowest BCUT2D eigenvalue weighted by atomic mass is 9.95. The van der Waals surface area contributed by atoms with Crippen LogP contribution in [0.3, 0.4) is 0 Å². The molecule has 0 aromatic heterocycles. The predicted octanol–water partition coefficient (Wildman–Crippen LogP) is 4.21. The zero-order chi connectivity index (χ0) is 16.7. The second-order valence-corrected chi connectivity index (χ2v) is 8.76. The number of anilines is 1. The zero-order valence-electron chi connectivity index (χ0n) is 14.8. The number of hydrogen-bond donors (Lipinski definition) is 1. The molecule has 3 heteroatoms. The lowest BCUT2D eigenvalue weighted by Gasteiger charge is -2.16. The maximum atomic E-state index is 3.52. The molecule has 1 saturated carbocycles. The van der Waals surface area contributed by atoms with E-state index in [0.717, 1.165) is 17.9 Å². The summed E-state index contributed by atoms with van der Waals surface area (Å²) in [5.74, 6) is 1.48. The second kappa shape index (κ2) is 6.12. The zero-order valence-corrected chi connectivity index (χ0v) is 15.7. The normalized spacial score (nSPS) is 25.8. The third kappa shape index (κ3) is 2.96. The van der Waals surface area contributed by atoms with Crippen molar-refractivity contribution in [3.05, 3.63) is 59.7 Å². The molecule has 1 heterocycles. The Balaban J connectivity index is 1.38. The third-order valence-electron chi connectivity index (χ3n) is 5.65. The lowest BCUT2D eigenvalue weighted by Crippen LogP contribution is -2.22. The minimum absolute atomic E-state index is 0.470. The van der Waals surface area contributed by atoms with Gasteiger partial charge in [0, 0.05) is 18.5 Å². The van der Waals surface area contributed by atoms with E-state index >= 15 is 0 Å². The van der Waals surface area contributed by atoms with Crippen molar-refractivity contribution >= 4 is 17.6 Å². The maximum Gasteiger partial charge on any atom is 0.179 e. The molecule has 2 aromatic carbocycles. The van der Waals surface area contributed by atoms with E-state index < -0.39 is 0 Å². The van der Waals surface area contributed by atoms with Crippen molar-refractivity contribution in [1.82, 2.24) is 4.90 Å². The van der Waals surface area contributed by atoms with Crippen molar-refractivity contribution in [2.24, 2.45) is 5.92 Å². The fourth-order valence-corrected chi connectivity index (χ4v) is 4.83. The third-order valence-corrected chi connectivity index (χ3v) is 6.58. The molecule has 0 bridgehead atoms. The van der Waals surface area contributed by atoms with Crippen molar-refractivity contribution < 1.29 is 0 Å². The van der Waals surface area contributed by atoms with Crippen molar-refractivity contribution in [1.29, 1.82) is 0 Å². The van der Waals surface area contributed by atoms with Crippen LogP contribution in [0.4, 0.5) is 5.69 Å². The van der Waals surface area contributed by atoms with Crippen molar-refractivity contribution in [3.63, 3.8) is 0 Å². The first-order valence-corrected chi connectivity index (χ1v) is 9.82.